The van der Waals surface area contributed by atoms with E-state index >= 15 is 0 Å². The molecular formula is C9H5BrF3NO3. The fraction of sp³-hybridized carbons (Fsp3) is 0.111. The summed E-state index contributed by atoms with van der Waals surface area (Å²) in [5.41, 5.74) is -0.265. The number of carboxylic acids is 1. The van der Waals surface area contributed by atoms with Gasteiger partial charge in [-0.2, -0.15) is 13.2 Å². The van der Waals surface area contributed by atoms with E-state index in [0.717, 1.165) is 18.2 Å². The Kier molecular flexibility index (Phi) is 3.76. The number of anilines is 1. The van der Waals surface area contributed by atoms with E-state index in [1.54, 1.807) is 5.32 Å². The van der Waals surface area contributed by atoms with Crippen LogP contribution in [0.5, 0.6) is 0 Å². The fourth-order valence-corrected chi connectivity index (χ4v) is 1.52. The maximum absolute atomic E-state index is 11.9. The predicted molar refractivity (Wildman–Crippen MR) is 55.8 cm³/mol. The Morgan fingerprint density at radius 1 is 1.29 bits per heavy atom. The molecule has 0 atom stereocenters. The summed E-state index contributed by atoms with van der Waals surface area (Å²) in [5, 5.41) is 10.3. The molecule has 0 aliphatic rings. The van der Waals surface area contributed by atoms with Crippen molar-refractivity contribution in [2.24, 2.45) is 0 Å². The first kappa shape index (κ1) is 13.5. The van der Waals surface area contributed by atoms with Gasteiger partial charge in [-0.15, -0.1) is 0 Å². The van der Waals surface area contributed by atoms with Gasteiger partial charge in [-0.25, -0.2) is 4.79 Å². The Balaban J connectivity index is 2.92. The number of aromatic carboxylic acids is 1. The minimum absolute atomic E-state index is 0.0741. The maximum atomic E-state index is 11.9. The summed E-state index contributed by atoms with van der Waals surface area (Å²) >= 11 is 2.87. The Morgan fingerprint density at radius 3 is 2.29 bits per heavy atom. The maximum Gasteiger partial charge on any atom is 0.471 e. The highest BCUT2D eigenvalue weighted by molar-refractivity contribution is 9.10. The van der Waals surface area contributed by atoms with Gasteiger partial charge in [-0.3, -0.25) is 4.79 Å². The molecule has 1 aromatic rings. The average molecular weight is 312 g/mol. The molecule has 1 aromatic carbocycles. The molecule has 92 valence electrons. The van der Waals surface area contributed by atoms with Crippen molar-refractivity contribution in [2.45, 2.75) is 6.18 Å². The first-order chi connectivity index (χ1) is 7.71. The molecule has 0 aromatic heterocycles. The molecule has 1 amide bonds. The monoisotopic (exact) mass is 311 g/mol. The zero-order valence-corrected chi connectivity index (χ0v) is 9.59. The number of halogens is 4. The molecule has 0 bridgehead atoms. The lowest BCUT2D eigenvalue weighted by atomic mass is 10.2. The largest absolute Gasteiger partial charge is 0.478 e. The zero-order valence-electron chi connectivity index (χ0n) is 8.01. The highest BCUT2D eigenvalue weighted by Crippen LogP contribution is 2.23. The Bertz CT molecular complexity index is 473. The zero-order chi connectivity index (χ0) is 13.2. The minimum atomic E-state index is -4.99. The van der Waals surface area contributed by atoms with Crippen molar-refractivity contribution in [3.05, 3.63) is 28.2 Å². The smallest absolute Gasteiger partial charge is 0.471 e. The van der Waals surface area contributed by atoms with Crippen LogP contribution in [0.1, 0.15) is 10.4 Å². The van der Waals surface area contributed by atoms with Crippen molar-refractivity contribution in [1.29, 1.82) is 0 Å². The molecule has 17 heavy (non-hydrogen) atoms. The predicted octanol–water partition coefficient (Wildman–Crippen LogP) is 2.65. The third kappa shape index (κ3) is 3.45. The van der Waals surface area contributed by atoms with Crippen molar-refractivity contribution >= 4 is 33.5 Å². The van der Waals surface area contributed by atoms with E-state index in [1.807, 2.05) is 0 Å². The summed E-state index contributed by atoms with van der Waals surface area (Å²) in [6, 6.07) is 3.23. The van der Waals surface area contributed by atoms with E-state index in [2.05, 4.69) is 15.9 Å². The number of nitrogens with one attached hydrogen (secondary N) is 1. The van der Waals surface area contributed by atoms with E-state index in [-0.39, 0.29) is 15.7 Å². The van der Waals surface area contributed by atoms with Crippen LogP contribution in [0, 0.1) is 0 Å². The van der Waals surface area contributed by atoms with Gasteiger partial charge in [0.15, 0.2) is 0 Å². The molecule has 0 unspecified atom stereocenters. The van der Waals surface area contributed by atoms with Crippen molar-refractivity contribution in [2.75, 3.05) is 5.32 Å². The first-order valence-electron chi connectivity index (χ1n) is 4.13. The van der Waals surface area contributed by atoms with Gasteiger partial charge >= 0.3 is 18.1 Å². The molecule has 0 heterocycles. The number of carbonyl (C=O) groups is 2. The van der Waals surface area contributed by atoms with Crippen LogP contribution in [0.15, 0.2) is 22.7 Å². The highest BCUT2D eigenvalue weighted by Gasteiger charge is 2.38. The van der Waals surface area contributed by atoms with Gasteiger partial charge in [0.25, 0.3) is 0 Å². The first-order valence-corrected chi connectivity index (χ1v) is 4.92. The number of benzene rings is 1. The van der Waals surface area contributed by atoms with Crippen molar-refractivity contribution in [3.8, 4) is 0 Å². The second-order valence-corrected chi connectivity index (χ2v) is 3.81. The molecule has 4 nitrogen and oxygen atoms in total. The standard InChI is InChI=1S/C9H5BrF3NO3/c10-6-3-4(1-2-5(6)7(15)16)14-8(17)9(11,12)13/h1-3H,(H,14,17)(H,15,16). The van der Waals surface area contributed by atoms with Crippen LogP contribution in [-0.2, 0) is 4.79 Å². The number of hydrogen-bond donors (Lipinski definition) is 2. The molecule has 2 N–H and O–H groups in total. The molecule has 1 rings (SSSR count). The summed E-state index contributed by atoms with van der Waals surface area (Å²) in [4.78, 5) is 21.2. The van der Waals surface area contributed by atoms with E-state index < -0.39 is 18.1 Å². The van der Waals surface area contributed by atoms with Crippen LogP contribution in [0.4, 0.5) is 18.9 Å². The molecule has 8 heteroatoms. The molecular weight excluding hydrogens is 307 g/mol. The number of alkyl halides is 3. The van der Waals surface area contributed by atoms with Gasteiger partial charge in [0.1, 0.15) is 0 Å². The summed E-state index contributed by atoms with van der Waals surface area (Å²) in [5.74, 6) is -3.35. The van der Waals surface area contributed by atoms with E-state index in [0.29, 0.717) is 0 Å². The van der Waals surface area contributed by atoms with Gasteiger partial charge < -0.3 is 10.4 Å². The minimum Gasteiger partial charge on any atom is -0.478 e. The summed E-state index contributed by atoms with van der Waals surface area (Å²) in [6.07, 6.45) is -4.99. The molecule has 0 saturated carbocycles. The molecule has 0 aliphatic carbocycles. The lowest BCUT2D eigenvalue weighted by molar-refractivity contribution is -0.167. The summed E-state index contributed by atoms with van der Waals surface area (Å²) in [6.45, 7) is 0. The normalized spacial score (nSPS) is 11.1. The van der Waals surface area contributed by atoms with Crippen LogP contribution < -0.4 is 5.32 Å². The Hall–Kier alpha value is -1.57. The number of carboxylic acid groups (broad SMARTS) is 1. The van der Waals surface area contributed by atoms with Crippen LogP contribution in [0.25, 0.3) is 0 Å². The second kappa shape index (κ2) is 4.74. The molecule has 0 radical (unpaired) electrons. The number of rotatable bonds is 2. The third-order valence-corrected chi connectivity index (χ3v) is 2.37. The molecule has 0 spiro atoms. The Labute approximate surface area is 102 Å². The van der Waals surface area contributed by atoms with Crippen LogP contribution in [0.2, 0.25) is 0 Å². The van der Waals surface area contributed by atoms with Crippen LogP contribution >= 0.6 is 15.9 Å². The van der Waals surface area contributed by atoms with Crippen molar-refractivity contribution in [1.82, 2.24) is 0 Å². The van der Waals surface area contributed by atoms with Crippen LogP contribution in [-0.4, -0.2) is 23.2 Å². The van der Waals surface area contributed by atoms with E-state index in [4.69, 9.17) is 5.11 Å². The van der Waals surface area contributed by atoms with Gasteiger partial charge in [0.2, 0.25) is 0 Å². The summed E-state index contributed by atoms with van der Waals surface area (Å²) < 4.78 is 35.8. The molecule has 0 saturated heterocycles. The summed E-state index contributed by atoms with van der Waals surface area (Å²) in [7, 11) is 0. The van der Waals surface area contributed by atoms with Crippen molar-refractivity contribution in [3.63, 3.8) is 0 Å². The van der Waals surface area contributed by atoms with Gasteiger partial charge in [0, 0.05) is 10.2 Å². The fourth-order valence-electron chi connectivity index (χ4n) is 0.968. The number of amides is 1. The highest BCUT2D eigenvalue weighted by atomic mass is 79.9. The van der Waals surface area contributed by atoms with Gasteiger partial charge in [-0.1, -0.05) is 0 Å². The molecule has 0 fully saturated rings. The van der Waals surface area contributed by atoms with E-state index in [9.17, 15) is 22.8 Å². The van der Waals surface area contributed by atoms with Crippen LogP contribution in [0.3, 0.4) is 0 Å². The lowest BCUT2D eigenvalue weighted by Gasteiger charge is -2.08. The average Bonchev–Trinajstić information content (AvgIpc) is 2.15. The van der Waals surface area contributed by atoms with E-state index in [1.165, 1.54) is 0 Å². The SMILES string of the molecule is O=C(O)c1ccc(NC(=O)C(F)(F)F)cc1Br. The topological polar surface area (TPSA) is 66.4 Å². The van der Waals surface area contributed by atoms with Crippen molar-refractivity contribution < 1.29 is 27.9 Å². The van der Waals surface area contributed by atoms with Gasteiger partial charge in [0.05, 0.1) is 5.56 Å². The number of hydrogen-bond acceptors (Lipinski definition) is 2. The quantitative estimate of drug-likeness (QED) is 0.882. The lowest BCUT2D eigenvalue weighted by Crippen LogP contribution is -2.29. The molecule has 0 aliphatic heterocycles. The van der Waals surface area contributed by atoms with Gasteiger partial charge in [-0.05, 0) is 34.1 Å². The number of carbonyl (C=O) groups excluding carboxylic acids is 1. The third-order valence-electron chi connectivity index (χ3n) is 1.71. The second-order valence-electron chi connectivity index (χ2n) is 2.95. The Morgan fingerprint density at radius 2 is 1.88 bits per heavy atom.